The Morgan fingerprint density at radius 3 is 2.12 bits per heavy atom. The average molecular weight is 363 g/mol. The van der Waals surface area contributed by atoms with Crippen LogP contribution in [0.5, 0.6) is 11.5 Å². The summed E-state index contributed by atoms with van der Waals surface area (Å²) in [5.74, 6) is 0.729. The molecular formula is C21H17NO3S. The molecule has 0 unspecified atom stereocenters. The molecule has 0 atom stereocenters. The van der Waals surface area contributed by atoms with Gasteiger partial charge in [-0.15, -0.1) is 12.6 Å². The van der Waals surface area contributed by atoms with Crippen LogP contribution >= 0.6 is 12.6 Å². The van der Waals surface area contributed by atoms with Crippen molar-refractivity contribution in [1.29, 1.82) is 0 Å². The van der Waals surface area contributed by atoms with E-state index >= 15 is 0 Å². The molecule has 130 valence electrons. The molecule has 26 heavy (non-hydrogen) atoms. The number of carbonyl (C=O) groups is 1. The van der Waals surface area contributed by atoms with E-state index in [1.807, 2.05) is 24.3 Å². The standard InChI is InChI=1S/C21H17NO3S/c1-24-18-8-4-16(5-9-18)21(23)25-19-10-6-17(7-11-19)22-14-15-2-12-20(26)13-3-15/h2-14,26H,1H3. The van der Waals surface area contributed by atoms with Crippen LogP contribution in [0.2, 0.25) is 0 Å². The molecule has 3 aromatic rings. The van der Waals surface area contributed by atoms with E-state index in [1.165, 1.54) is 0 Å². The normalized spacial score (nSPS) is 10.7. The number of carbonyl (C=O) groups excluding carboxylic acids is 1. The monoisotopic (exact) mass is 363 g/mol. The van der Waals surface area contributed by atoms with Gasteiger partial charge in [0.25, 0.3) is 0 Å². The number of rotatable bonds is 5. The van der Waals surface area contributed by atoms with E-state index in [-0.39, 0.29) is 0 Å². The highest BCUT2D eigenvalue weighted by atomic mass is 32.1. The number of hydrogen-bond acceptors (Lipinski definition) is 5. The molecule has 4 nitrogen and oxygen atoms in total. The van der Waals surface area contributed by atoms with Crippen molar-refractivity contribution in [2.24, 2.45) is 4.99 Å². The molecule has 3 aromatic carbocycles. The molecule has 5 heteroatoms. The molecule has 0 aromatic heterocycles. The Kier molecular flexibility index (Phi) is 5.71. The number of nitrogens with zero attached hydrogens (tertiary/aromatic N) is 1. The van der Waals surface area contributed by atoms with Crippen LogP contribution in [0.3, 0.4) is 0 Å². The average Bonchev–Trinajstić information content (AvgIpc) is 2.68. The van der Waals surface area contributed by atoms with Gasteiger partial charge in [0.15, 0.2) is 0 Å². The minimum atomic E-state index is -0.421. The highest BCUT2D eigenvalue weighted by Crippen LogP contribution is 2.20. The zero-order chi connectivity index (χ0) is 18.4. The van der Waals surface area contributed by atoms with E-state index in [0.717, 1.165) is 16.1 Å². The van der Waals surface area contributed by atoms with E-state index in [4.69, 9.17) is 9.47 Å². The second-order valence-electron chi connectivity index (χ2n) is 5.46. The summed E-state index contributed by atoms with van der Waals surface area (Å²) in [5, 5.41) is 0. The van der Waals surface area contributed by atoms with E-state index < -0.39 is 5.97 Å². The van der Waals surface area contributed by atoms with Crippen molar-refractivity contribution in [3.63, 3.8) is 0 Å². The number of hydrogen-bond donors (Lipinski definition) is 1. The fourth-order valence-corrected chi connectivity index (χ4v) is 2.35. The van der Waals surface area contributed by atoms with E-state index in [9.17, 15) is 4.79 Å². The van der Waals surface area contributed by atoms with Gasteiger partial charge in [-0.2, -0.15) is 0 Å². The van der Waals surface area contributed by atoms with Crippen LogP contribution in [0, 0.1) is 0 Å². The minimum absolute atomic E-state index is 0.421. The number of aliphatic imine (C=N–C) groups is 1. The number of benzene rings is 3. The lowest BCUT2D eigenvalue weighted by atomic mass is 10.2. The van der Waals surface area contributed by atoms with Gasteiger partial charge in [0.2, 0.25) is 0 Å². The summed E-state index contributed by atoms with van der Waals surface area (Å²) in [6.07, 6.45) is 1.77. The lowest BCUT2D eigenvalue weighted by molar-refractivity contribution is 0.0734. The summed E-state index contributed by atoms with van der Waals surface area (Å²) in [4.78, 5) is 17.4. The number of ether oxygens (including phenoxy) is 2. The van der Waals surface area contributed by atoms with Crippen molar-refractivity contribution in [2.75, 3.05) is 7.11 Å². The largest absolute Gasteiger partial charge is 0.497 e. The Morgan fingerprint density at radius 1 is 0.885 bits per heavy atom. The van der Waals surface area contributed by atoms with Crippen LogP contribution in [-0.4, -0.2) is 19.3 Å². The molecule has 0 saturated heterocycles. The number of thiol groups is 1. The maximum absolute atomic E-state index is 12.1. The molecule has 0 radical (unpaired) electrons. The van der Waals surface area contributed by atoms with Gasteiger partial charge < -0.3 is 9.47 Å². The molecular weight excluding hydrogens is 346 g/mol. The van der Waals surface area contributed by atoms with Crippen LogP contribution in [0.4, 0.5) is 5.69 Å². The Morgan fingerprint density at radius 2 is 1.50 bits per heavy atom. The second kappa shape index (κ2) is 8.36. The molecule has 0 saturated carbocycles. The third-order valence-corrected chi connectivity index (χ3v) is 3.93. The molecule has 0 N–H and O–H groups in total. The van der Waals surface area contributed by atoms with Gasteiger partial charge in [-0.05, 0) is 66.2 Å². The summed E-state index contributed by atoms with van der Waals surface area (Å²) in [7, 11) is 1.58. The zero-order valence-electron chi connectivity index (χ0n) is 14.1. The third kappa shape index (κ3) is 4.74. The summed E-state index contributed by atoms with van der Waals surface area (Å²) in [5.41, 5.74) is 2.21. The van der Waals surface area contributed by atoms with Crippen LogP contribution in [-0.2, 0) is 0 Å². The molecule has 0 aliphatic rings. The predicted octanol–water partition coefficient (Wildman–Crippen LogP) is 4.95. The first-order valence-corrected chi connectivity index (χ1v) is 8.38. The van der Waals surface area contributed by atoms with Gasteiger partial charge >= 0.3 is 5.97 Å². The molecule has 0 fully saturated rings. The Labute approximate surface area is 157 Å². The van der Waals surface area contributed by atoms with Gasteiger partial charge in [0.1, 0.15) is 11.5 Å². The molecule has 3 rings (SSSR count). The predicted molar refractivity (Wildman–Crippen MR) is 105 cm³/mol. The highest BCUT2D eigenvalue weighted by molar-refractivity contribution is 7.80. The Hall–Kier alpha value is -3.05. The van der Waals surface area contributed by atoms with Crippen LogP contribution in [0.15, 0.2) is 82.7 Å². The second-order valence-corrected chi connectivity index (χ2v) is 5.98. The van der Waals surface area contributed by atoms with Crippen molar-refractivity contribution in [3.05, 3.63) is 83.9 Å². The zero-order valence-corrected chi connectivity index (χ0v) is 15.0. The first-order valence-electron chi connectivity index (χ1n) is 7.93. The SMILES string of the molecule is COc1ccc(C(=O)Oc2ccc(N=Cc3ccc(S)cc3)cc2)cc1. The first-order chi connectivity index (χ1) is 12.6. The van der Waals surface area contributed by atoms with Gasteiger partial charge in [-0.1, -0.05) is 12.1 Å². The van der Waals surface area contributed by atoms with E-state index in [2.05, 4.69) is 17.6 Å². The summed E-state index contributed by atoms with van der Waals surface area (Å²) < 4.78 is 10.4. The fraction of sp³-hybridized carbons (Fsp3) is 0.0476. The van der Waals surface area contributed by atoms with Crippen molar-refractivity contribution in [2.45, 2.75) is 4.90 Å². The molecule has 0 aliphatic carbocycles. The summed E-state index contributed by atoms with van der Waals surface area (Å²) in [6.45, 7) is 0. The fourth-order valence-electron chi connectivity index (χ4n) is 2.20. The van der Waals surface area contributed by atoms with E-state index in [0.29, 0.717) is 17.1 Å². The Balaban J connectivity index is 1.63. The van der Waals surface area contributed by atoms with Crippen LogP contribution < -0.4 is 9.47 Å². The maximum atomic E-state index is 12.1. The minimum Gasteiger partial charge on any atom is -0.497 e. The molecule has 0 aliphatic heterocycles. The molecule has 0 amide bonds. The molecule has 0 bridgehead atoms. The number of methoxy groups -OCH3 is 1. The smallest absolute Gasteiger partial charge is 0.343 e. The highest BCUT2D eigenvalue weighted by Gasteiger charge is 2.08. The van der Waals surface area contributed by atoms with Gasteiger partial charge in [0, 0.05) is 11.1 Å². The van der Waals surface area contributed by atoms with Crippen molar-refractivity contribution in [3.8, 4) is 11.5 Å². The number of esters is 1. The first kappa shape index (κ1) is 17.8. The van der Waals surface area contributed by atoms with Gasteiger partial charge in [-0.25, -0.2) is 4.79 Å². The summed E-state index contributed by atoms with van der Waals surface area (Å²) >= 11 is 4.25. The summed E-state index contributed by atoms with van der Waals surface area (Å²) in [6, 6.07) is 21.5. The quantitative estimate of drug-likeness (QED) is 0.302. The lowest BCUT2D eigenvalue weighted by Gasteiger charge is -2.05. The van der Waals surface area contributed by atoms with Crippen molar-refractivity contribution < 1.29 is 14.3 Å². The molecule has 0 heterocycles. The topological polar surface area (TPSA) is 47.9 Å². The Bertz CT molecular complexity index is 901. The van der Waals surface area contributed by atoms with Crippen molar-refractivity contribution in [1.82, 2.24) is 0 Å². The van der Waals surface area contributed by atoms with Crippen LogP contribution in [0.25, 0.3) is 0 Å². The lowest BCUT2D eigenvalue weighted by Crippen LogP contribution is -2.08. The third-order valence-electron chi connectivity index (χ3n) is 3.63. The van der Waals surface area contributed by atoms with Gasteiger partial charge in [-0.3, -0.25) is 4.99 Å². The van der Waals surface area contributed by atoms with Crippen LogP contribution in [0.1, 0.15) is 15.9 Å². The van der Waals surface area contributed by atoms with Gasteiger partial charge in [0.05, 0.1) is 18.4 Å². The molecule has 0 spiro atoms. The van der Waals surface area contributed by atoms with E-state index in [1.54, 1.807) is 61.9 Å². The maximum Gasteiger partial charge on any atom is 0.343 e. The van der Waals surface area contributed by atoms with Crippen molar-refractivity contribution >= 4 is 30.5 Å².